The number of carbonyl (C=O) groups is 1. The van der Waals surface area contributed by atoms with Crippen LogP contribution in [-0.4, -0.2) is 24.7 Å². The fourth-order valence-electron chi connectivity index (χ4n) is 1.37. The standard InChI is InChI=1S/C11H21NO2/c1-6-7-8-9(2)12-11(3,4)10(13)14-5/h6,9,12H,1,7-8H2,2-5H3. The summed E-state index contributed by atoms with van der Waals surface area (Å²) in [6.07, 6.45) is 3.80. The fraction of sp³-hybridized carbons (Fsp3) is 0.727. The Hall–Kier alpha value is -0.830. The third-order valence-corrected chi connectivity index (χ3v) is 2.11. The van der Waals surface area contributed by atoms with Crippen molar-refractivity contribution in [1.29, 1.82) is 0 Å². The molecule has 1 unspecified atom stereocenters. The van der Waals surface area contributed by atoms with Crippen molar-refractivity contribution in [3.8, 4) is 0 Å². The molecule has 0 amide bonds. The lowest BCUT2D eigenvalue weighted by molar-refractivity contribution is -0.147. The molecule has 0 aromatic heterocycles. The summed E-state index contributed by atoms with van der Waals surface area (Å²) in [5.74, 6) is -0.233. The molecule has 0 aliphatic heterocycles. The molecule has 0 radical (unpaired) electrons. The minimum atomic E-state index is -0.616. The van der Waals surface area contributed by atoms with Crippen LogP contribution in [-0.2, 0) is 9.53 Å². The lowest BCUT2D eigenvalue weighted by atomic mass is 10.0. The van der Waals surface area contributed by atoms with Crippen LogP contribution < -0.4 is 5.32 Å². The summed E-state index contributed by atoms with van der Waals surface area (Å²) < 4.78 is 4.70. The van der Waals surface area contributed by atoms with E-state index >= 15 is 0 Å². The van der Waals surface area contributed by atoms with Crippen LogP contribution in [0.4, 0.5) is 0 Å². The molecule has 0 rings (SSSR count). The van der Waals surface area contributed by atoms with Gasteiger partial charge < -0.3 is 4.74 Å². The maximum Gasteiger partial charge on any atom is 0.325 e. The first-order valence-corrected chi connectivity index (χ1v) is 4.91. The second-order valence-electron chi connectivity index (χ2n) is 4.03. The molecule has 0 heterocycles. The number of esters is 1. The van der Waals surface area contributed by atoms with Gasteiger partial charge in [0.2, 0.25) is 0 Å². The van der Waals surface area contributed by atoms with E-state index in [4.69, 9.17) is 4.74 Å². The molecular formula is C11H21NO2. The van der Waals surface area contributed by atoms with E-state index in [0.29, 0.717) is 0 Å². The Morgan fingerprint density at radius 1 is 1.64 bits per heavy atom. The topological polar surface area (TPSA) is 38.3 Å². The van der Waals surface area contributed by atoms with E-state index in [2.05, 4.69) is 11.9 Å². The van der Waals surface area contributed by atoms with Crippen molar-refractivity contribution < 1.29 is 9.53 Å². The van der Waals surface area contributed by atoms with E-state index in [0.717, 1.165) is 12.8 Å². The number of hydrogen-bond acceptors (Lipinski definition) is 3. The first-order valence-electron chi connectivity index (χ1n) is 4.91. The maximum absolute atomic E-state index is 11.3. The van der Waals surface area contributed by atoms with Crippen molar-refractivity contribution in [2.45, 2.75) is 45.2 Å². The van der Waals surface area contributed by atoms with Crippen LogP contribution in [0, 0.1) is 0 Å². The normalized spacial score (nSPS) is 13.4. The van der Waals surface area contributed by atoms with Gasteiger partial charge in [0.25, 0.3) is 0 Å². The average molecular weight is 199 g/mol. The minimum Gasteiger partial charge on any atom is -0.468 e. The van der Waals surface area contributed by atoms with E-state index in [9.17, 15) is 4.79 Å². The van der Waals surface area contributed by atoms with Crippen molar-refractivity contribution in [1.82, 2.24) is 5.32 Å². The zero-order chi connectivity index (χ0) is 11.2. The first kappa shape index (κ1) is 13.2. The lowest BCUT2D eigenvalue weighted by Gasteiger charge is -2.27. The SMILES string of the molecule is C=CCCC(C)NC(C)(C)C(=O)OC. The Bertz CT molecular complexity index is 199. The second-order valence-corrected chi connectivity index (χ2v) is 4.03. The lowest BCUT2D eigenvalue weighted by Crippen LogP contribution is -2.51. The van der Waals surface area contributed by atoms with E-state index < -0.39 is 5.54 Å². The van der Waals surface area contributed by atoms with Crippen LogP contribution in [0.1, 0.15) is 33.6 Å². The highest BCUT2D eigenvalue weighted by molar-refractivity contribution is 5.79. The molecule has 82 valence electrons. The third-order valence-electron chi connectivity index (χ3n) is 2.11. The first-order chi connectivity index (χ1) is 6.44. The second kappa shape index (κ2) is 5.81. The number of hydrogen-bond donors (Lipinski definition) is 1. The Morgan fingerprint density at radius 2 is 2.21 bits per heavy atom. The number of ether oxygens (including phenoxy) is 1. The summed E-state index contributed by atoms with van der Waals surface area (Å²) in [7, 11) is 1.40. The van der Waals surface area contributed by atoms with Gasteiger partial charge in [-0.05, 0) is 33.6 Å². The van der Waals surface area contributed by atoms with Gasteiger partial charge in [-0.3, -0.25) is 10.1 Å². The maximum atomic E-state index is 11.3. The van der Waals surface area contributed by atoms with Gasteiger partial charge in [0.15, 0.2) is 0 Å². The number of methoxy groups -OCH3 is 1. The fourth-order valence-corrected chi connectivity index (χ4v) is 1.37. The zero-order valence-corrected chi connectivity index (χ0v) is 9.59. The molecule has 0 saturated carbocycles. The van der Waals surface area contributed by atoms with Crippen LogP contribution >= 0.6 is 0 Å². The van der Waals surface area contributed by atoms with Crippen molar-refractivity contribution >= 4 is 5.97 Å². The molecule has 0 fully saturated rings. The smallest absolute Gasteiger partial charge is 0.325 e. The van der Waals surface area contributed by atoms with Crippen molar-refractivity contribution in [2.75, 3.05) is 7.11 Å². The largest absolute Gasteiger partial charge is 0.468 e. The van der Waals surface area contributed by atoms with E-state index in [-0.39, 0.29) is 12.0 Å². The summed E-state index contributed by atoms with van der Waals surface area (Å²) in [6.45, 7) is 9.36. The average Bonchev–Trinajstić information content (AvgIpc) is 2.12. The summed E-state index contributed by atoms with van der Waals surface area (Å²) in [5.41, 5.74) is -0.616. The number of carbonyl (C=O) groups excluding carboxylic acids is 1. The molecule has 0 spiro atoms. The number of nitrogens with one attached hydrogen (secondary N) is 1. The summed E-state index contributed by atoms with van der Waals surface area (Å²) >= 11 is 0. The third kappa shape index (κ3) is 4.42. The molecule has 3 nitrogen and oxygen atoms in total. The van der Waals surface area contributed by atoms with Gasteiger partial charge in [-0.15, -0.1) is 6.58 Å². The minimum absolute atomic E-state index is 0.233. The molecule has 0 bridgehead atoms. The van der Waals surface area contributed by atoms with E-state index in [1.807, 2.05) is 26.8 Å². The summed E-state index contributed by atoms with van der Waals surface area (Å²) in [6, 6.07) is 0.280. The van der Waals surface area contributed by atoms with Gasteiger partial charge in [-0.25, -0.2) is 0 Å². The Balaban J connectivity index is 4.06. The van der Waals surface area contributed by atoms with Crippen molar-refractivity contribution in [3.05, 3.63) is 12.7 Å². The van der Waals surface area contributed by atoms with Crippen LogP contribution in [0.2, 0.25) is 0 Å². The van der Waals surface area contributed by atoms with Crippen LogP contribution in [0.25, 0.3) is 0 Å². The molecule has 1 atom stereocenters. The van der Waals surface area contributed by atoms with Gasteiger partial charge in [-0.1, -0.05) is 6.08 Å². The Morgan fingerprint density at radius 3 is 2.64 bits per heavy atom. The van der Waals surface area contributed by atoms with Crippen LogP contribution in [0.3, 0.4) is 0 Å². The van der Waals surface area contributed by atoms with E-state index in [1.165, 1.54) is 7.11 Å². The van der Waals surface area contributed by atoms with Gasteiger partial charge >= 0.3 is 5.97 Å². The van der Waals surface area contributed by atoms with E-state index in [1.54, 1.807) is 0 Å². The van der Waals surface area contributed by atoms with Gasteiger partial charge in [0, 0.05) is 6.04 Å². The predicted molar refractivity (Wildman–Crippen MR) is 58.1 cm³/mol. The molecule has 0 aliphatic carbocycles. The quantitative estimate of drug-likeness (QED) is 0.524. The predicted octanol–water partition coefficient (Wildman–Crippen LogP) is 1.88. The number of allylic oxidation sites excluding steroid dienone is 1. The molecule has 1 N–H and O–H groups in total. The molecule has 14 heavy (non-hydrogen) atoms. The molecule has 0 aromatic rings. The molecule has 0 aromatic carbocycles. The highest BCUT2D eigenvalue weighted by Crippen LogP contribution is 2.08. The highest BCUT2D eigenvalue weighted by atomic mass is 16.5. The highest BCUT2D eigenvalue weighted by Gasteiger charge is 2.29. The van der Waals surface area contributed by atoms with Gasteiger partial charge in [-0.2, -0.15) is 0 Å². The summed E-state index contributed by atoms with van der Waals surface area (Å²) in [5, 5.41) is 3.22. The Kier molecular flexibility index (Phi) is 5.46. The number of rotatable bonds is 6. The molecule has 3 heteroatoms. The van der Waals surface area contributed by atoms with Gasteiger partial charge in [0.1, 0.15) is 5.54 Å². The Labute approximate surface area is 86.5 Å². The van der Waals surface area contributed by atoms with Crippen LogP contribution in [0.5, 0.6) is 0 Å². The zero-order valence-electron chi connectivity index (χ0n) is 9.59. The van der Waals surface area contributed by atoms with Crippen molar-refractivity contribution in [3.63, 3.8) is 0 Å². The van der Waals surface area contributed by atoms with Gasteiger partial charge in [0.05, 0.1) is 7.11 Å². The molecular weight excluding hydrogens is 178 g/mol. The van der Waals surface area contributed by atoms with Crippen LogP contribution in [0.15, 0.2) is 12.7 Å². The molecule has 0 saturated heterocycles. The monoisotopic (exact) mass is 199 g/mol. The summed E-state index contributed by atoms with van der Waals surface area (Å²) in [4.78, 5) is 11.3. The van der Waals surface area contributed by atoms with Crippen molar-refractivity contribution in [2.24, 2.45) is 0 Å². The molecule has 0 aliphatic rings.